The zero-order chi connectivity index (χ0) is 19.0. The molecule has 3 aromatic heterocycles. The van der Waals surface area contributed by atoms with E-state index < -0.39 is 0 Å². The van der Waals surface area contributed by atoms with Gasteiger partial charge in [-0.2, -0.15) is 0 Å². The van der Waals surface area contributed by atoms with Gasteiger partial charge in [0.2, 0.25) is 0 Å². The van der Waals surface area contributed by atoms with E-state index in [9.17, 15) is 4.79 Å². The summed E-state index contributed by atoms with van der Waals surface area (Å²) in [6, 6.07) is 11.3. The second-order valence-corrected chi connectivity index (χ2v) is 7.56. The van der Waals surface area contributed by atoms with Crippen LogP contribution in [-0.4, -0.2) is 32.2 Å². The fourth-order valence-electron chi connectivity index (χ4n) is 2.90. The van der Waals surface area contributed by atoms with Crippen LogP contribution in [0.2, 0.25) is 5.02 Å². The van der Waals surface area contributed by atoms with Gasteiger partial charge in [0.05, 0.1) is 11.7 Å². The van der Waals surface area contributed by atoms with Crippen molar-refractivity contribution in [3.05, 3.63) is 76.6 Å². The quantitative estimate of drug-likeness (QED) is 0.490. The number of fused-ring (bicyclic) bond motifs is 1. The molecule has 0 radical (unpaired) electrons. The Bertz CT molecular complexity index is 1090. The molecule has 0 unspecified atom stereocenters. The predicted octanol–water partition coefficient (Wildman–Crippen LogP) is 4.94. The Morgan fingerprint density at radius 2 is 2.04 bits per heavy atom. The van der Waals surface area contributed by atoms with Gasteiger partial charge in [-0.25, -0.2) is 4.98 Å². The molecule has 4 aromatic rings. The molecule has 0 aliphatic heterocycles. The molecule has 3 heterocycles. The Kier molecular flexibility index (Phi) is 4.68. The highest BCUT2D eigenvalue weighted by Crippen LogP contribution is 2.27. The van der Waals surface area contributed by atoms with Crippen LogP contribution in [0.25, 0.3) is 16.2 Å². The van der Waals surface area contributed by atoms with Crippen LogP contribution < -0.4 is 0 Å². The third kappa shape index (κ3) is 3.34. The summed E-state index contributed by atoms with van der Waals surface area (Å²) in [7, 11) is 1.81. The SMILES string of the molecule is C[C@@H](c1cccnc1)N(C)C(=O)c1csc2nc(-c3ccc(Cl)cc3)cn12. The molecule has 4 rings (SSSR count). The van der Waals surface area contributed by atoms with Gasteiger partial charge in [0.25, 0.3) is 5.91 Å². The molecule has 0 spiro atoms. The van der Waals surface area contributed by atoms with Crippen molar-refractivity contribution in [1.29, 1.82) is 0 Å². The molecule has 136 valence electrons. The van der Waals surface area contributed by atoms with Crippen LogP contribution in [0, 0.1) is 0 Å². The summed E-state index contributed by atoms with van der Waals surface area (Å²) < 4.78 is 1.85. The van der Waals surface area contributed by atoms with Gasteiger partial charge >= 0.3 is 0 Å². The van der Waals surface area contributed by atoms with Gasteiger partial charge in [0.15, 0.2) is 4.96 Å². The van der Waals surface area contributed by atoms with E-state index in [1.165, 1.54) is 11.3 Å². The number of aromatic nitrogens is 3. The highest BCUT2D eigenvalue weighted by Gasteiger charge is 2.23. The van der Waals surface area contributed by atoms with E-state index in [1.54, 1.807) is 24.3 Å². The van der Waals surface area contributed by atoms with E-state index in [0.717, 1.165) is 21.8 Å². The number of pyridine rings is 1. The molecule has 27 heavy (non-hydrogen) atoms. The summed E-state index contributed by atoms with van der Waals surface area (Å²) in [5.41, 5.74) is 3.37. The van der Waals surface area contributed by atoms with Crippen molar-refractivity contribution in [2.75, 3.05) is 7.05 Å². The van der Waals surface area contributed by atoms with Crippen molar-refractivity contribution < 1.29 is 4.79 Å². The van der Waals surface area contributed by atoms with Crippen LogP contribution in [0.4, 0.5) is 0 Å². The summed E-state index contributed by atoms with van der Waals surface area (Å²) in [4.78, 5) is 24.4. The van der Waals surface area contributed by atoms with Crippen molar-refractivity contribution in [3.8, 4) is 11.3 Å². The minimum Gasteiger partial charge on any atom is -0.334 e. The van der Waals surface area contributed by atoms with Crippen molar-refractivity contribution in [2.24, 2.45) is 0 Å². The normalized spacial score (nSPS) is 12.3. The monoisotopic (exact) mass is 396 g/mol. The zero-order valence-electron chi connectivity index (χ0n) is 14.8. The van der Waals surface area contributed by atoms with E-state index in [2.05, 4.69) is 9.97 Å². The third-order valence-electron chi connectivity index (χ3n) is 4.64. The van der Waals surface area contributed by atoms with E-state index >= 15 is 0 Å². The van der Waals surface area contributed by atoms with Gasteiger partial charge in [-0.15, -0.1) is 11.3 Å². The molecule has 0 aliphatic rings. The van der Waals surface area contributed by atoms with E-state index in [4.69, 9.17) is 11.6 Å². The van der Waals surface area contributed by atoms with Crippen LogP contribution in [0.5, 0.6) is 0 Å². The molecule has 0 N–H and O–H groups in total. The average Bonchev–Trinajstić information content (AvgIpc) is 3.28. The van der Waals surface area contributed by atoms with Gasteiger partial charge < -0.3 is 4.90 Å². The zero-order valence-corrected chi connectivity index (χ0v) is 16.4. The van der Waals surface area contributed by atoms with E-state index in [1.807, 2.05) is 59.3 Å². The topological polar surface area (TPSA) is 50.5 Å². The first-order valence-electron chi connectivity index (χ1n) is 8.44. The summed E-state index contributed by atoms with van der Waals surface area (Å²) in [5.74, 6) is -0.0577. The maximum absolute atomic E-state index is 13.1. The minimum atomic E-state index is -0.0830. The number of imidazole rings is 1. The fourth-order valence-corrected chi connectivity index (χ4v) is 3.87. The van der Waals surface area contributed by atoms with E-state index in [-0.39, 0.29) is 11.9 Å². The largest absolute Gasteiger partial charge is 0.334 e. The van der Waals surface area contributed by atoms with Crippen molar-refractivity contribution in [2.45, 2.75) is 13.0 Å². The predicted molar refractivity (Wildman–Crippen MR) is 108 cm³/mol. The number of carbonyl (C=O) groups is 1. The number of rotatable bonds is 4. The lowest BCUT2D eigenvalue weighted by Gasteiger charge is -2.24. The molecular weight excluding hydrogens is 380 g/mol. The lowest BCUT2D eigenvalue weighted by Crippen LogP contribution is -2.30. The number of nitrogens with zero attached hydrogens (tertiary/aromatic N) is 4. The molecule has 0 saturated carbocycles. The molecule has 1 atom stereocenters. The number of thiazole rings is 1. The summed E-state index contributed by atoms with van der Waals surface area (Å²) in [6.45, 7) is 1.99. The fraction of sp³-hybridized carbons (Fsp3) is 0.150. The van der Waals surface area contributed by atoms with Gasteiger partial charge in [-0.05, 0) is 30.7 Å². The Morgan fingerprint density at radius 1 is 1.26 bits per heavy atom. The lowest BCUT2D eigenvalue weighted by atomic mass is 10.1. The second-order valence-electron chi connectivity index (χ2n) is 6.28. The van der Waals surface area contributed by atoms with Gasteiger partial charge in [-0.3, -0.25) is 14.2 Å². The Balaban J connectivity index is 1.65. The Labute approximate surface area is 165 Å². The first-order chi connectivity index (χ1) is 13.0. The molecule has 0 saturated heterocycles. The molecule has 1 amide bonds. The number of carbonyl (C=O) groups excluding carboxylic acids is 1. The molecule has 5 nitrogen and oxygen atoms in total. The van der Waals surface area contributed by atoms with Crippen molar-refractivity contribution in [3.63, 3.8) is 0 Å². The number of amides is 1. The lowest BCUT2D eigenvalue weighted by molar-refractivity contribution is 0.0736. The summed E-state index contributed by atoms with van der Waals surface area (Å²) >= 11 is 7.41. The number of benzene rings is 1. The standard InChI is InChI=1S/C20H17ClN4OS/c1-13(15-4-3-9-22-10-15)24(2)19(26)18-12-27-20-23-17(11-25(18)20)14-5-7-16(21)8-6-14/h3-13H,1-2H3/t13-/m0/s1. The van der Waals surface area contributed by atoms with Crippen LogP contribution in [-0.2, 0) is 0 Å². The maximum atomic E-state index is 13.1. The summed E-state index contributed by atoms with van der Waals surface area (Å²) in [5, 5.41) is 2.53. The maximum Gasteiger partial charge on any atom is 0.271 e. The van der Waals surface area contributed by atoms with Gasteiger partial charge in [0, 0.05) is 41.6 Å². The molecule has 1 aromatic carbocycles. The molecular formula is C20H17ClN4OS. The van der Waals surface area contributed by atoms with Gasteiger partial charge in [-0.1, -0.05) is 29.8 Å². The molecule has 0 aliphatic carbocycles. The molecule has 0 bridgehead atoms. The number of halogens is 1. The summed E-state index contributed by atoms with van der Waals surface area (Å²) in [6.07, 6.45) is 5.41. The van der Waals surface area contributed by atoms with Crippen LogP contribution in [0.1, 0.15) is 29.0 Å². The van der Waals surface area contributed by atoms with Crippen molar-refractivity contribution in [1.82, 2.24) is 19.3 Å². The van der Waals surface area contributed by atoms with Gasteiger partial charge in [0.1, 0.15) is 5.69 Å². The van der Waals surface area contributed by atoms with Crippen molar-refractivity contribution >= 4 is 33.8 Å². The molecule has 7 heteroatoms. The third-order valence-corrected chi connectivity index (χ3v) is 5.73. The first kappa shape index (κ1) is 17.7. The highest BCUT2D eigenvalue weighted by atomic mass is 35.5. The minimum absolute atomic E-state index is 0.0577. The highest BCUT2D eigenvalue weighted by molar-refractivity contribution is 7.15. The first-order valence-corrected chi connectivity index (χ1v) is 9.70. The molecule has 0 fully saturated rings. The van der Waals surface area contributed by atoms with Crippen LogP contribution in [0.3, 0.4) is 0 Å². The second kappa shape index (κ2) is 7.13. The average molecular weight is 397 g/mol. The van der Waals surface area contributed by atoms with E-state index in [0.29, 0.717) is 10.7 Å². The van der Waals surface area contributed by atoms with Crippen LogP contribution >= 0.6 is 22.9 Å². The number of hydrogen-bond donors (Lipinski definition) is 0. The smallest absolute Gasteiger partial charge is 0.271 e. The Morgan fingerprint density at radius 3 is 2.74 bits per heavy atom. The van der Waals surface area contributed by atoms with Crippen LogP contribution in [0.15, 0.2) is 60.4 Å². The Hall–Kier alpha value is -2.70. The number of hydrogen-bond acceptors (Lipinski definition) is 4.